The molecule has 0 saturated heterocycles. The molecule has 0 heterocycles. The first-order chi connectivity index (χ1) is 4.20. The second kappa shape index (κ2) is 2.53. The van der Waals surface area contributed by atoms with E-state index in [9.17, 15) is 4.39 Å². The first-order valence-electron chi connectivity index (χ1n) is 2.92. The standard InChI is InChI=1S/C7H8ClF/c1-5-2-3-7(9)6(8)4-5/h2-3,5H,4H2,1H3/t5-/m1/s1. The van der Waals surface area contributed by atoms with Crippen molar-refractivity contribution in [2.45, 2.75) is 13.3 Å². The number of halogens is 2. The van der Waals surface area contributed by atoms with Crippen LogP contribution in [0.2, 0.25) is 0 Å². The Bertz CT molecular complexity index is 170. The third-order valence-corrected chi connectivity index (χ3v) is 1.67. The number of allylic oxidation sites excluding steroid dienone is 4. The molecule has 1 aliphatic carbocycles. The largest absolute Gasteiger partial charge is 0.206 e. The second-order valence-corrected chi connectivity index (χ2v) is 2.75. The zero-order valence-corrected chi connectivity index (χ0v) is 5.95. The normalized spacial score (nSPS) is 27.2. The summed E-state index contributed by atoms with van der Waals surface area (Å²) < 4.78 is 12.4. The first-order valence-corrected chi connectivity index (χ1v) is 3.30. The van der Waals surface area contributed by atoms with Crippen LogP contribution in [0, 0.1) is 5.92 Å². The van der Waals surface area contributed by atoms with Crippen LogP contribution >= 0.6 is 11.6 Å². The lowest BCUT2D eigenvalue weighted by Crippen LogP contribution is -1.95. The van der Waals surface area contributed by atoms with Crippen molar-refractivity contribution in [3.63, 3.8) is 0 Å². The molecule has 1 atom stereocenters. The smallest absolute Gasteiger partial charge is 0.137 e. The van der Waals surface area contributed by atoms with E-state index in [4.69, 9.17) is 11.6 Å². The maximum atomic E-state index is 12.4. The fourth-order valence-electron chi connectivity index (χ4n) is 0.787. The highest BCUT2D eigenvalue weighted by Gasteiger charge is 2.09. The zero-order chi connectivity index (χ0) is 6.85. The van der Waals surface area contributed by atoms with Crippen LogP contribution < -0.4 is 0 Å². The van der Waals surface area contributed by atoms with Gasteiger partial charge in [0.25, 0.3) is 0 Å². The van der Waals surface area contributed by atoms with E-state index in [0.29, 0.717) is 17.4 Å². The molecule has 0 aromatic heterocycles. The van der Waals surface area contributed by atoms with Crippen molar-refractivity contribution >= 4 is 11.6 Å². The lowest BCUT2D eigenvalue weighted by atomic mass is 10.0. The fourth-order valence-corrected chi connectivity index (χ4v) is 1.09. The van der Waals surface area contributed by atoms with Gasteiger partial charge >= 0.3 is 0 Å². The van der Waals surface area contributed by atoms with Gasteiger partial charge in [-0.2, -0.15) is 0 Å². The lowest BCUT2D eigenvalue weighted by Gasteiger charge is -2.09. The molecule has 0 nitrogen and oxygen atoms in total. The van der Waals surface area contributed by atoms with Gasteiger partial charge in [0, 0.05) is 0 Å². The summed E-state index contributed by atoms with van der Waals surface area (Å²) >= 11 is 5.52. The van der Waals surface area contributed by atoms with Crippen molar-refractivity contribution in [3.8, 4) is 0 Å². The molecule has 0 N–H and O–H groups in total. The van der Waals surface area contributed by atoms with Crippen molar-refractivity contribution in [1.29, 1.82) is 0 Å². The van der Waals surface area contributed by atoms with Gasteiger partial charge in [0.05, 0.1) is 5.03 Å². The summed E-state index contributed by atoms with van der Waals surface area (Å²) in [7, 11) is 0. The predicted molar refractivity (Wildman–Crippen MR) is 36.9 cm³/mol. The molecule has 0 aromatic carbocycles. The highest BCUT2D eigenvalue weighted by Crippen LogP contribution is 2.26. The Balaban J connectivity index is 2.75. The topological polar surface area (TPSA) is 0 Å². The van der Waals surface area contributed by atoms with Crippen molar-refractivity contribution < 1.29 is 4.39 Å². The van der Waals surface area contributed by atoms with E-state index in [-0.39, 0.29) is 5.83 Å². The lowest BCUT2D eigenvalue weighted by molar-refractivity contribution is 0.617. The van der Waals surface area contributed by atoms with Gasteiger partial charge in [0.15, 0.2) is 0 Å². The molecule has 1 rings (SSSR count). The summed E-state index contributed by atoms with van der Waals surface area (Å²) in [4.78, 5) is 0. The molecule has 0 aromatic rings. The van der Waals surface area contributed by atoms with Crippen LogP contribution in [-0.2, 0) is 0 Å². The highest BCUT2D eigenvalue weighted by atomic mass is 35.5. The van der Waals surface area contributed by atoms with E-state index in [0.717, 1.165) is 0 Å². The van der Waals surface area contributed by atoms with Gasteiger partial charge in [0.2, 0.25) is 0 Å². The molecule has 0 saturated carbocycles. The molecule has 0 amide bonds. The van der Waals surface area contributed by atoms with Crippen molar-refractivity contribution in [1.82, 2.24) is 0 Å². The molecule has 50 valence electrons. The first kappa shape index (κ1) is 6.81. The molecule has 0 fully saturated rings. The van der Waals surface area contributed by atoms with Gasteiger partial charge in [0.1, 0.15) is 5.83 Å². The fraction of sp³-hybridized carbons (Fsp3) is 0.429. The molecular weight excluding hydrogens is 139 g/mol. The third kappa shape index (κ3) is 1.55. The van der Waals surface area contributed by atoms with Gasteiger partial charge in [-0.3, -0.25) is 0 Å². The van der Waals surface area contributed by atoms with Gasteiger partial charge in [-0.25, -0.2) is 4.39 Å². The van der Waals surface area contributed by atoms with Crippen LogP contribution in [0.5, 0.6) is 0 Å². The Hall–Kier alpha value is -0.300. The van der Waals surface area contributed by atoms with Gasteiger partial charge in [-0.05, 0) is 18.4 Å². The van der Waals surface area contributed by atoms with Gasteiger partial charge < -0.3 is 0 Å². The summed E-state index contributed by atoms with van der Waals surface area (Å²) in [6.45, 7) is 2.01. The minimum atomic E-state index is -0.283. The van der Waals surface area contributed by atoms with Crippen molar-refractivity contribution in [2.24, 2.45) is 5.92 Å². The van der Waals surface area contributed by atoms with Crippen LogP contribution in [0.25, 0.3) is 0 Å². The maximum absolute atomic E-state index is 12.4. The Morgan fingerprint density at radius 1 is 1.78 bits per heavy atom. The zero-order valence-electron chi connectivity index (χ0n) is 5.20. The molecule has 0 spiro atoms. The summed E-state index contributed by atoms with van der Waals surface area (Å²) in [6.07, 6.45) is 3.89. The SMILES string of the molecule is C[C@@H]1C=CC(F)=C(Cl)C1. The van der Waals surface area contributed by atoms with Crippen molar-refractivity contribution in [3.05, 3.63) is 23.0 Å². The maximum Gasteiger partial charge on any atom is 0.137 e. The Morgan fingerprint density at radius 2 is 2.44 bits per heavy atom. The molecule has 0 aliphatic heterocycles. The van der Waals surface area contributed by atoms with Crippen LogP contribution in [0.3, 0.4) is 0 Å². The molecule has 1 aliphatic rings. The quantitative estimate of drug-likeness (QED) is 0.493. The van der Waals surface area contributed by atoms with E-state index in [1.165, 1.54) is 6.08 Å². The van der Waals surface area contributed by atoms with Gasteiger partial charge in [-0.1, -0.05) is 24.6 Å². The molecule has 0 radical (unpaired) electrons. The highest BCUT2D eigenvalue weighted by molar-refractivity contribution is 6.30. The Morgan fingerprint density at radius 3 is 2.89 bits per heavy atom. The molecule has 9 heavy (non-hydrogen) atoms. The van der Waals surface area contributed by atoms with Gasteiger partial charge in [-0.15, -0.1) is 0 Å². The molecule has 0 bridgehead atoms. The average Bonchev–Trinajstić information content (AvgIpc) is 1.80. The monoisotopic (exact) mass is 146 g/mol. The van der Waals surface area contributed by atoms with E-state index >= 15 is 0 Å². The van der Waals surface area contributed by atoms with Crippen LogP contribution in [0.4, 0.5) is 4.39 Å². The van der Waals surface area contributed by atoms with Crippen LogP contribution in [0.1, 0.15) is 13.3 Å². The van der Waals surface area contributed by atoms with Crippen LogP contribution in [-0.4, -0.2) is 0 Å². The minimum Gasteiger partial charge on any atom is -0.206 e. The molecule has 0 unspecified atom stereocenters. The summed E-state index contributed by atoms with van der Waals surface area (Å²) in [5.41, 5.74) is 0. The Kier molecular flexibility index (Phi) is 1.91. The number of hydrogen-bond donors (Lipinski definition) is 0. The van der Waals surface area contributed by atoms with Crippen molar-refractivity contribution in [2.75, 3.05) is 0 Å². The molecular formula is C7H8ClF. The van der Waals surface area contributed by atoms with E-state index in [1.54, 1.807) is 0 Å². The minimum absolute atomic E-state index is 0.283. The van der Waals surface area contributed by atoms with Crippen LogP contribution in [0.15, 0.2) is 23.0 Å². The predicted octanol–water partition coefficient (Wildman–Crippen LogP) is 3.00. The summed E-state index contributed by atoms with van der Waals surface area (Å²) in [5.74, 6) is 0.103. The number of hydrogen-bond acceptors (Lipinski definition) is 0. The van der Waals surface area contributed by atoms with E-state index in [2.05, 4.69) is 0 Å². The average molecular weight is 147 g/mol. The number of rotatable bonds is 0. The molecule has 2 heteroatoms. The summed E-state index contributed by atoms with van der Waals surface area (Å²) in [6, 6.07) is 0. The van der Waals surface area contributed by atoms with E-state index < -0.39 is 0 Å². The second-order valence-electron chi connectivity index (χ2n) is 2.29. The van der Waals surface area contributed by atoms with E-state index in [1.807, 2.05) is 13.0 Å². The Labute approximate surface area is 59.0 Å². The third-order valence-electron chi connectivity index (χ3n) is 1.33. The summed E-state index contributed by atoms with van der Waals surface area (Å²) in [5, 5.41) is 0.352.